The van der Waals surface area contributed by atoms with Crippen molar-refractivity contribution in [3.05, 3.63) is 0 Å². The Morgan fingerprint density at radius 2 is 1.70 bits per heavy atom. The van der Waals surface area contributed by atoms with E-state index in [1.54, 1.807) is 13.8 Å². The highest BCUT2D eigenvalue weighted by Crippen LogP contribution is 2.26. The maximum atomic E-state index is 9.39. The normalized spacial score (nSPS) is 12.8. The molecule has 0 unspecified atom stereocenters. The van der Waals surface area contributed by atoms with Crippen molar-refractivity contribution < 1.29 is 5.11 Å². The van der Waals surface area contributed by atoms with E-state index in [0.717, 1.165) is 0 Å². The predicted octanol–water partition coefficient (Wildman–Crippen LogP) is 1.81. The Labute approximate surface area is 63.5 Å². The molecule has 0 aliphatic carbocycles. The Morgan fingerprint density at radius 3 is 1.80 bits per heavy atom. The Morgan fingerprint density at radius 1 is 1.30 bits per heavy atom. The molecular formula is C9H16O. The van der Waals surface area contributed by atoms with Crippen LogP contribution in [0.5, 0.6) is 0 Å². The summed E-state index contributed by atoms with van der Waals surface area (Å²) in [5, 5.41) is 9.39. The van der Waals surface area contributed by atoms with Gasteiger partial charge < -0.3 is 5.11 Å². The van der Waals surface area contributed by atoms with Crippen molar-refractivity contribution >= 4 is 0 Å². The van der Waals surface area contributed by atoms with Crippen molar-refractivity contribution in [2.75, 3.05) is 0 Å². The standard InChI is InChI=1S/C9H16O/c1-6-8(2,3)7-9(4,5)10/h1,10H,7H2,2-5H3. The lowest BCUT2D eigenvalue weighted by molar-refractivity contribution is 0.0460. The lowest BCUT2D eigenvalue weighted by Gasteiger charge is -2.26. The summed E-state index contributed by atoms with van der Waals surface area (Å²) in [7, 11) is 0. The minimum atomic E-state index is -0.657. The molecule has 0 fully saturated rings. The zero-order valence-corrected chi connectivity index (χ0v) is 7.23. The molecule has 0 spiro atoms. The summed E-state index contributed by atoms with van der Waals surface area (Å²) in [4.78, 5) is 0. The average molecular weight is 140 g/mol. The van der Waals surface area contributed by atoms with E-state index < -0.39 is 5.60 Å². The molecule has 10 heavy (non-hydrogen) atoms. The third kappa shape index (κ3) is 4.40. The number of terminal acetylenes is 1. The van der Waals surface area contributed by atoms with Crippen LogP contribution in [0.4, 0.5) is 0 Å². The minimum Gasteiger partial charge on any atom is -0.390 e. The first-order chi connectivity index (χ1) is 4.27. The molecule has 0 rings (SSSR count). The summed E-state index contributed by atoms with van der Waals surface area (Å²) in [5.41, 5.74) is -0.853. The molecule has 0 radical (unpaired) electrons. The molecule has 0 heterocycles. The zero-order valence-electron chi connectivity index (χ0n) is 7.23. The fourth-order valence-corrected chi connectivity index (χ4v) is 1.13. The molecule has 0 aromatic heterocycles. The van der Waals surface area contributed by atoms with Crippen LogP contribution in [0.2, 0.25) is 0 Å². The van der Waals surface area contributed by atoms with E-state index in [0.29, 0.717) is 6.42 Å². The molecule has 0 saturated carbocycles. The van der Waals surface area contributed by atoms with Gasteiger partial charge in [-0.2, -0.15) is 0 Å². The first-order valence-corrected chi connectivity index (χ1v) is 3.47. The number of rotatable bonds is 2. The van der Waals surface area contributed by atoms with E-state index in [4.69, 9.17) is 6.42 Å². The Bertz CT molecular complexity index is 143. The van der Waals surface area contributed by atoms with Crippen molar-refractivity contribution in [3.8, 4) is 12.3 Å². The molecule has 58 valence electrons. The summed E-state index contributed by atoms with van der Waals surface area (Å²) in [5.74, 6) is 2.64. The maximum absolute atomic E-state index is 9.39. The maximum Gasteiger partial charge on any atom is 0.0606 e. The molecule has 0 aliphatic heterocycles. The second-order valence-electron chi connectivity index (χ2n) is 4.02. The summed E-state index contributed by atoms with van der Waals surface area (Å²) >= 11 is 0. The van der Waals surface area contributed by atoms with Gasteiger partial charge in [0.15, 0.2) is 0 Å². The van der Waals surface area contributed by atoms with Gasteiger partial charge in [-0.15, -0.1) is 12.3 Å². The van der Waals surface area contributed by atoms with Crippen LogP contribution in [-0.4, -0.2) is 10.7 Å². The number of aliphatic hydroxyl groups is 1. The summed E-state index contributed by atoms with van der Waals surface area (Å²) in [6, 6.07) is 0. The highest BCUT2D eigenvalue weighted by Gasteiger charge is 2.24. The van der Waals surface area contributed by atoms with Gasteiger partial charge in [0, 0.05) is 5.41 Å². The summed E-state index contributed by atoms with van der Waals surface area (Å²) < 4.78 is 0. The first-order valence-electron chi connectivity index (χ1n) is 3.47. The van der Waals surface area contributed by atoms with Crippen LogP contribution in [0.25, 0.3) is 0 Å². The van der Waals surface area contributed by atoms with Crippen LogP contribution in [0.3, 0.4) is 0 Å². The smallest absolute Gasteiger partial charge is 0.0606 e. The highest BCUT2D eigenvalue weighted by molar-refractivity contribution is 5.02. The SMILES string of the molecule is C#CC(C)(C)CC(C)(C)O. The third-order valence-electron chi connectivity index (χ3n) is 1.27. The number of hydrogen-bond donors (Lipinski definition) is 1. The van der Waals surface area contributed by atoms with Gasteiger partial charge in [-0.1, -0.05) is 0 Å². The molecule has 0 bridgehead atoms. The topological polar surface area (TPSA) is 20.2 Å². The Balaban J connectivity index is 4.05. The van der Waals surface area contributed by atoms with Gasteiger partial charge >= 0.3 is 0 Å². The quantitative estimate of drug-likeness (QED) is 0.580. The Kier molecular flexibility index (Phi) is 2.51. The van der Waals surface area contributed by atoms with Crippen LogP contribution < -0.4 is 0 Å². The van der Waals surface area contributed by atoms with Crippen LogP contribution >= 0.6 is 0 Å². The lowest BCUT2D eigenvalue weighted by atomic mass is 9.83. The second kappa shape index (κ2) is 2.64. The van der Waals surface area contributed by atoms with Gasteiger partial charge in [-0.05, 0) is 34.1 Å². The molecule has 0 saturated heterocycles. The van der Waals surface area contributed by atoms with Gasteiger partial charge in [-0.3, -0.25) is 0 Å². The average Bonchev–Trinajstić information content (AvgIpc) is 1.60. The molecule has 0 aromatic carbocycles. The van der Waals surface area contributed by atoms with Gasteiger partial charge in [-0.25, -0.2) is 0 Å². The molecule has 0 aliphatic rings. The molecule has 1 N–H and O–H groups in total. The van der Waals surface area contributed by atoms with Crippen LogP contribution in [-0.2, 0) is 0 Å². The molecule has 0 atom stereocenters. The van der Waals surface area contributed by atoms with Crippen molar-refractivity contribution in [2.24, 2.45) is 5.41 Å². The second-order valence-corrected chi connectivity index (χ2v) is 4.02. The largest absolute Gasteiger partial charge is 0.390 e. The van der Waals surface area contributed by atoms with Crippen LogP contribution in [0, 0.1) is 17.8 Å². The fraction of sp³-hybridized carbons (Fsp3) is 0.778. The van der Waals surface area contributed by atoms with Crippen molar-refractivity contribution in [2.45, 2.75) is 39.7 Å². The van der Waals surface area contributed by atoms with E-state index in [1.807, 2.05) is 13.8 Å². The van der Waals surface area contributed by atoms with Crippen LogP contribution in [0.15, 0.2) is 0 Å². The predicted molar refractivity (Wildman–Crippen MR) is 43.5 cm³/mol. The molecule has 1 heteroatoms. The van der Waals surface area contributed by atoms with Gasteiger partial charge in [0.05, 0.1) is 5.60 Å². The van der Waals surface area contributed by atoms with Crippen molar-refractivity contribution in [1.82, 2.24) is 0 Å². The van der Waals surface area contributed by atoms with E-state index in [9.17, 15) is 5.11 Å². The Hall–Kier alpha value is -0.480. The van der Waals surface area contributed by atoms with E-state index in [2.05, 4.69) is 5.92 Å². The van der Waals surface area contributed by atoms with E-state index in [1.165, 1.54) is 0 Å². The van der Waals surface area contributed by atoms with Crippen molar-refractivity contribution in [3.63, 3.8) is 0 Å². The minimum absolute atomic E-state index is 0.196. The van der Waals surface area contributed by atoms with Gasteiger partial charge in [0.2, 0.25) is 0 Å². The monoisotopic (exact) mass is 140 g/mol. The van der Waals surface area contributed by atoms with E-state index >= 15 is 0 Å². The summed E-state index contributed by atoms with van der Waals surface area (Å²) in [6.45, 7) is 7.44. The van der Waals surface area contributed by atoms with Crippen molar-refractivity contribution in [1.29, 1.82) is 0 Å². The fourth-order valence-electron chi connectivity index (χ4n) is 1.13. The van der Waals surface area contributed by atoms with Gasteiger partial charge in [0.25, 0.3) is 0 Å². The molecule has 0 aromatic rings. The lowest BCUT2D eigenvalue weighted by Crippen LogP contribution is -2.27. The molecule has 1 nitrogen and oxygen atoms in total. The summed E-state index contributed by atoms with van der Waals surface area (Å²) in [6.07, 6.45) is 5.89. The molecule has 0 amide bonds. The van der Waals surface area contributed by atoms with Gasteiger partial charge in [0.1, 0.15) is 0 Å². The third-order valence-corrected chi connectivity index (χ3v) is 1.27. The molecular weight excluding hydrogens is 124 g/mol. The zero-order chi connectivity index (χ0) is 8.41. The van der Waals surface area contributed by atoms with Crippen LogP contribution in [0.1, 0.15) is 34.1 Å². The van der Waals surface area contributed by atoms with E-state index in [-0.39, 0.29) is 5.41 Å². The number of hydrogen-bond acceptors (Lipinski definition) is 1. The highest BCUT2D eigenvalue weighted by atomic mass is 16.3. The first kappa shape index (κ1) is 9.52.